The normalized spacial score (nSPS) is 17.4. The minimum absolute atomic E-state index is 0.188. The predicted molar refractivity (Wildman–Crippen MR) is 91.8 cm³/mol. The topological polar surface area (TPSA) is 78.5 Å². The van der Waals surface area contributed by atoms with Gasteiger partial charge in [-0.2, -0.15) is 0 Å². The van der Waals surface area contributed by atoms with E-state index in [-0.39, 0.29) is 24.9 Å². The Balaban J connectivity index is 1.90. The van der Waals surface area contributed by atoms with Crippen LogP contribution in [0.25, 0.3) is 0 Å². The van der Waals surface area contributed by atoms with Crippen molar-refractivity contribution < 1.29 is 14.4 Å². The van der Waals surface area contributed by atoms with Crippen molar-refractivity contribution in [1.29, 1.82) is 0 Å². The molecule has 1 fully saturated rings. The first-order chi connectivity index (χ1) is 11.3. The average Bonchev–Trinajstić information content (AvgIpc) is 2.73. The van der Waals surface area contributed by atoms with E-state index in [1.165, 1.54) is 0 Å². The fraction of sp³-hybridized carbons (Fsp3) is 0.438. The van der Waals surface area contributed by atoms with Crippen molar-refractivity contribution in [2.24, 2.45) is 5.92 Å². The van der Waals surface area contributed by atoms with E-state index >= 15 is 0 Å². The number of amides is 4. The summed E-state index contributed by atoms with van der Waals surface area (Å²) < 4.78 is 0. The monoisotopic (exact) mass is 371 g/mol. The molecule has 0 unspecified atom stereocenters. The van der Waals surface area contributed by atoms with Crippen LogP contribution in [0.1, 0.15) is 25.8 Å². The number of imide groups is 1. The quantitative estimate of drug-likeness (QED) is 0.754. The zero-order valence-corrected chi connectivity index (χ0v) is 14.9. The Labute approximate surface area is 150 Å². The molecular weight excluding hydrogens is 353 g/mol. The Hall–Kier alpha value is -1.79. The number of hydrogen-bond donors (Lipinski definition) is 2. The molecule has 1 aromatic rings. The fourth-order valence-corrected chi connectivity index (χ4v) is 2.89. The molecule has 24 heavy (non-hydrogen) atoms. The molecule has 1 saturated heterocycles. The SMILES string of the molecule is CC(C)C[C@H]1NC(=O)N(CC(=O)NCc2ccc(Cl)cc2Cl)C1=O. The number of nitrogens with one attached hydrogen (secondary N) is 2. The van der Waals surface area contributed by atoms with Crippen LogP contribution in [0.5, 0.6) is 0 Å². The van der Waals surface area contributed by atoms with Crippen molar-refractivity contribution in [2.75, 3.05) is 6.54 Å². The van der Waals surface area contributed by atoms with Crippen LogP contribution in [0.15, 0.2) is 18.2 Å². The van der Waals surface area contributed by atoms with Crippen LogP contribution in [-0.4, -0.2) is 35.3 Å². The largest absolute Gasteiger partial charge is 0.350 e. The lowest BCUT2D eigenvalue weighted by Crippen LogP contribution is -2.41. The zero-order chi connectivity index (χ0) is 17.9. The Morgan fingerprint density at radius 2 is 2.04 bits per heavy atom. The van der Waals surface area contributed by atoms with Gasteiger partial charge in [-0.15, -0.1) is 0 Å². The van der Waals surface area contributed by atoms with Gasteiger partial charge in [0, 0.05) is 16.6 Å². The number of carbonyl (C=O) groups is 3. The molecule has 4 amide bonds. The molecule has 0 aromatic heterocycles. The molecule has 1 heterocycles. The molecule has 1 aromatic carbocycles. The van der Waals surface area contributed by atoms with Gasteiger partial charge in [0.25, 0.3) is 5.91 Å². The van der Waals surface area contributed by atoms with Crippen LogP contribution in [0, 0.1) is 5.92 Å². The van der Waals surface area contributed by atoms with E-state index in [0.717, 1.165) is 4.90 Å². The number of carbonyl (C=O) groups excluding carboxylic acids is 3. The van der Waals surface area contributed by atoms with E-state index in [4.69, 9.17) is 23.2 Å². The van der Waals surface area contributed by atoms with Crippen molar-refractivity contribution in [3.8, 4) is 0 Å². The van der Waals surface area contributed by atoms with Crippen LogP contribution >= 0.6 is 23.2 Å². The van der Waals surface area contributed by atoms with Crippen molar-refractivity contribution >= 4 is 41.0 Å². The van der Waals surface area contributed by atoms with E-state index < -0.39 is 18.0 Å². The van der Waals surface area contributed by atoms with Crippen LogP contribution < -0.4 is 10.6 Å². The maximum absolute atomic E-state index is 12.2. The van der Waals surface area contributed by atoms with E-state index in [2.05, 4.69) is 10.6 Å². The summed E-state index contributed by atoms with van der Waals surface area (Å²) in [4.78, 5) is 37.0. The lowest BCUT2D eigenvalue weighted by atomic mass is 10.0. The molecule has 8 heteroatoms. The summed E-state index contributed by atoms with van der Waals surface area (Å²) in [7, 11) is 0. The lowest BCUT2D eigenvalue weighted by molar-refractivity contribution is -0.132. The molecule has 0 radical (unpaired) electrons. The van der Waals surface area contributed by atoms with Crippen molar-refractivity contribution in [3.05, 3.63) is 33.8 Å². The standard InChI is InChI=1S/C16H19Cl2N3O3/c1-9(2)5-13-15(23)21(16(24)20-13)8-14(22)19-7-10-3-4-11(17)6-12(10)18/h3-4,6,9,13H,5,7-8H2,1-2H3,(H,19,22)(H,20,24)/t13-/m1/s1. The highest BCUT2D eigenvalue weighted by Crippen LogP contribution is 2.20. The van der Waals surface area contributed by atoms with Gasteiger partial charge in [-0.25, -0.2) is 4.79 Å². The molecule has 0 aliphatic carbocycles. The van der Waals surface area contributed by atoms with Gasteiger partial charge in [0.2, 0.25) is 5.91 Å². The number of benzene rings is 1. The molecule has 6 nitrogen and oxygen atoms in total. The molecule has 130 valence electrons. The highest BCUT2D eigenvalue weighted by atomic mass is 35.5. The first-order valence-corrected chi connectivity index (χ1v) is 8.36. The number of urea groups is 1. The average molecular weight is 372 g/mol. The number of rotatable bonds is 6. The summed E-state index contributed by atoms with van der Waals surface area (Å²) in [6, 6.07) is 3.86. The summed E-state index contributed by atoms with van der Waals surface area (Å²) in [5.74, 6) is -0.539. The maximum atomic E-state index is 12.2. The van der Waals surface area contributed by atoms with Gasteiger partial charge in [-0.1, -0.05) is 43.1 Å². The number of hydrogen-bond acceptors (Lipinski definition) is 3. The summed E-state index contributed by atoms with van der Waals surface area (Å²) in [5.41, 5.74) is 0.698. The van der Waals surface area contributed by atoms with Crippen molar-refractivity contribution in [3.63, 3.8) is 0 Å². The number of halogens is 2. The van der Waals surface area contributed by atoms with Gasteiger partial charge in [-0.05, 0) is 30.0 Å². The molecule has 2 rings (SSSR count). The molecular formula is C16H19Cl2N3O3. The Morgan fingerprint density at radius 3 is 2.67 bits per heavy atom. The molecule has 1 aliphatic heterocycles. The smallest absolute Gasteiger partial charge is 0.325 e. The van der Waals surface area contributed by atoms with Gasteiger partial charge >= 0.3 is 6.03 Å². The summed E-state index contributed by atoms with van der Waals surface area (Å²) in [6.07, 6.45) is 0.545. The van der Waals surface area contributed by atoms with Crippen LogP contribution in [0.2, 0.25) is 10.0 Å². The maximum Gasteiger partial charge on any atom is 0.325 e. The zero-order valence-electron chi connectivity index (χ0n) is 13.4. The van der Waals surface area contributed by atoms with E-state index in [1.54, 1.807) is 18.2 Å². The van der Waals surface area contributed by atoms with Crippen LogP contribution in [0.4, 0.5) is 4.79 Å². The molecule has 2 N–H and O–H groups in total. The van der Waals surface area contributed by atoms with Crippen molar-refractivity contribution in [1.82, 2.24) is 15.5 Å². The number of nitrogens with zero attached hydrogens (tertiary/aromatic N) is 1. The molecule has 0 spiro atoms. The predicted octanol–water partition coefficient (Wildman–Crippen LogP) is 2.58. The highest BCUT2D eigenvalue weighted by Gasteiger charge is 2.38. The first-order valence-electron chi connectivity index (χ1n) is 7.60. The Kier molecular flexibility index (Phi) is 6.07. The molecule has 1 aliphatic rings. The van der Waals surface area contributed by atoms with E-state index in [9.17, 15) is 14.4 Å². The van der Waals surface area contributed by atoms with Crippen molar-refractivity contribution in [2.45, 2.75) is 32.9 Å². The Morgan fingerprint density at radius 1 is 1.33 bits per heavy atom. The van der Waals surface area contributed by atoms with Gasteiger partial charge < -0.3 is 10.6 Å². The summed E-state index contributed by atoms with van der Waals surface area (Å²) in [6.45, 7) is 3.80. The minimum Gasteiger partial charge on any atom is -0.350 e. The van der Waals surface area contributed by atoms with Gasteiger partial charge in [-0.3, -0.25) is 14.5 Å². The van der Waals surface area contributed by atoms with Gasteiger partial charge in [0.15, 0.2) is 0 Å². The first kappa shape index (κ1) is 18.5. The second kappa shape index (κ2) is 7.85. The molecule has 1 atom stereocenters. The lowest BCUT2D eigenvalue weighted by Gasteiger charge is -2.14. The Bertz CT molecular complexity index is 664. The molecule has 0 bridgehead atoms. The van der Waals surface area contributed by atoms with E-state index in [0.29, 0.717) is 22.0 Å². The minimum atomic E-state index is -0.559. The second-order valence-electron chi connectivity index (χ2n) is 6.07. The van der Waals surface area contributed by atoms with Crippen LogP contribution in [-0.2, 0) is 16.1 Å². The molecule has 0 saturated carbocycles. The third kappa shape index (κ3) is 4.61. The fourth-order valence-electron chi connectivity index (χ4n) is 2.42. The van der Waals surface area contributed by atoms with Gasteiger partial charge in [0.05, 0.1) is 0 Å². The summed E-state index contributed by atoms with van der Waals surface area (Å²) in [5, 5.41) is 6.19. The van der Waals surface area contributed by atoms with Crippen LogP contribution in [0.3, 0.4) is 0 Å². The third-order valence-electron chi connectivity index (χ3n) is 3.61. The van der Waals surface area contributed by atoms with Gasteiger partial charge in [0.1, 0.15) is 12.6 Å². The summed E-state index contributed by atoms with van der Waals surface area (Å²) >= 11 is 11.8. The third-order valence-corrected chi connectivity index (χ3v) is 4.19. The highest BCUT2D eigenvalue weighted by molar-refractivity contribution is 6.35. The second-order valence-corrected chi connectivity index (χ2v) is 6.91. The van der Waals surface area contributed by atoms with E-state index in [1.807, 2.05) is 13.8 Å².